The van der Waals surface area contributed by atoms with Crippen LogP contribution in [0.1, 0.15) is 40.2 Å². The normalized spacial score (nSPS) is 15.8. The third-order valence-electron chi connectivity index (χ3n) is 5.60. The first-order valence-corrected chi connectivity index (χ1v) is 11.0. The van der Waals surface area contributed by atoms with Crippen LogP contribution in [0.4, 0.5) is 10.5 Å². The minimum absolute atomic E-state index is 0.121. The van der Waals surface area contributed by atoms with Crippen molar-refractivity contribution in [1.82, 2.24) is 15.2 Å². The number of nitrogens with zero attached hydrogens (tertiary/aromatic N) is 2. The highest BCUT2D eigenvalue weighted by Gasteiger charge is 2.25. The standard InChI is InChI=1S/C25H25ClN4O2/c26-22-8-10-23(11-9-22)29-25(32)30-13-3-7-21(17-30)19-5-1-6-20(14-19)24(31)28-16-18-4-2-12-27-15-18/h1-2,4-6,8-12,14-15,21H,3,7,13,16-17H2,(H,28,31)(H,29,32). The zero-order valence-corrected chi connectivity index (χ0v) is 18.4. The number of benzene rings is 2. The lowest BCUT2D eigenvalue weighted by Gasteiger charge is -2.33. The molecule has 0 radical (unpaired) electrons. The number of rotatable bonds is 5. The van der Waals surface area contributed by atoms with Crippen molar-refractivity contribution in [2.45, 2.75) is 25.3 Å². The number of carbonyl (C=O) groups excluding carboxylic acids is 2. The molecule has 7 heteroatoms. The van der Waals surface area contributed by atoms with E-state index in [0.717, 1.165) is 24.0 Å². The van der Waals surface area contributed by atoms with E-state index in [4.69, 9.17) is 11.6 Å². The number of halogens is 1. The van der Waals surface area contributed by atoms with Crippen LogP contribution < -0.4 is 10.6 Å². The summed E-state index contributed by atoms with van der Waals surface area (Å²) in [6, 6.07) is 18.4. The molecule has 4 rings (SSSR count). The van der Waals surface area contributed by atoms with Gasteiger partial charge < -0.3 is 15.5 Å². The monoisotopic (exact) mass is 448 g/mol. The summed E-state index contributed by atoms with van der Waals surface area (Å²) in [7, 11) is 0. The molecule has 0 saturated carbocycles. The molecule has 3 amide bonds. The van der Waals surface area contributed by atoms with Gasteiger partial charge in [0.2, 0.25) is 0 Å². The molecule has 3 aromatic rings. The Bertz CT molecular complexity index is 1070. The van der Waals surface area contributed by atoms with Crippen molar-refractivity contribution in [3.63, 3.8) is 0 Å². The Hall–Kier alpha value is -3.38. The van der Waals surface area contributed by atoms with Gasteiger partial charge in [-0.1, -0.05) is 29.8 Å². The molecule has 1 unspecified atom stereocenters. The molecule has 1 aliphatic heterocycles. The zero-order chi connectivity index (χ0) is 22.3. The van der Waals surface area contributed by atoms with Gasteiger partial charge in [0.1, 0.15) is 0 Å². The summed E-state index contributed by atoms with van der Waals surface area (Å²) >= 11 is 5.92. The molecule has 1 aliphatic rings. The number of urea groups is 1. The van der Waals surface area contributed by atoms with E-state index in [9.17, 15) is 9.59 Å². The number of likely N-dealkylation sites (tertiary alicyclic amines) is 1. The van der Waals surface area contributed by atoms with E-state index in [1.54, 1.807) is 36.7 Å². The molecule has 1 atom stereocenters. The van der Waals surface area contributed by atoms with Gasteiger partial charge in [0.15, 0.2) is 0 Å². The summed E-state index contributed by atoms with van der Waals surface area (Å²) in [4.78, 5) is 31.3. The number of aromatic nitrogens is 1. The number of carbonyl (C=O) groups is 2. The summed E-state index contributed by atoms with van der Waals surface area (Å²) < 4.78 is 0. The third kappa shape index (κ3) is 5.65. The molecule has 164 valence electrons. The summed E-state index contributed by atoms with van der Waals surface area (Å²) in [5.41, 5.74) is 3.36. The first-order valence-electron chi connectivity index (χ1n) is 10.7. The number of hydrogen-bond acceptors (Lipinski definition) is 3. The maximum atomic E-state index is 12.7. The van der Waals surface area contributed by atoms with Gasteiger partial charge in [-0.2, -0.15) is 0 Å². The first kappa shape index (κ1) is 21.8. The van der Waals surface area contributed by atoms with Crippen LogP contribution in [0.25, 0.3) is 0 Å². The second-order valence-corrected chi connectivity index (χ2v) is 8.33. The molecule has 1 aromatic heterocycles. The molecule has 2 aromatic carbocycles. The number of anilines is 1. The molecular weight excluding hydrogens is 424 g/mol. The van der Waals surface area contributed by atoms with Gasteiger partial charge in [-0.15, -0.1) is 0 Å². The maximum Gasteiger partial charge on any atom is 0.321 e. The van der Waals surface area contributed by atoms with Gasteiger partial charge >= 0.3 is 6.03 Å². The summed E-state index contributed by atoms with van der Waals surface area (Å²) in [5, 5.41) is 6.50. The Morgan fingerprint density at radius 1 is 1.09 bits per heavy atom. The van der Waals surface area contributed by atoms with Crippen molar-refractivity contribution in [1.29, 1.82) is 0 Å². The van der Waals surface area contributed by atoms with Gasteiger partial charge in [-0.05, 0) is 66.4 Å². The van der Waals surface area contributed by atoms with Gasteiger partial charge in [-0.3, -0.25) is 9.78 Å². The highest BCUT2D eigenvalue weighted by atomic mass is 35.5. The van der Waals surface area contributed by atoms with Crippen LogP contribution in [0, 0.1) is 0 Å². The quantitative estimate of drug-likeness (QED) is 0.571. The van der Waals surface area contributed by atoms with Gasteiger partial charge in [0.25, 0.3) is 5.91 Å². The number of pyridine rings is 1. The minimum atomic E-state index is -0.123. The van der Waals surface area contributed by atoms with E-state index < -0.39 is 0 Å². The molecule has 6 nitrogen and oxygen atoms in total. The smallest absolute Gasteiger partial charge is 0.321 e. The molecule has 2 heterocycles. The average molecular weight is 449 g/mol. The first-order chi connectivity index (χ1) is 15.6. The fourth-order valence-electron chi connectivity index (χ4n) is 3.89. The minimum Gasteiger partial charge on any atom is -0.348 e. The molecule has 2 N–H and O–H groups in total. The second kappa shape index (κ2) is 10.3. The van der Waals surface area contributed by atoms with Crippen molar-refractivity contribution in [2.24, 2.45) is 0 Å². The fraction of sp³-hybridized carbons (Fsp3) is 0.240. The molecule has 32 heavy (non-hydrogen) atoms. The topological polar surface area (TPSA) is 74.3 Å². The molecule has 0 spiro atoms. The Balaban J connectivity index is 1.38. The van der Waals surface area contributed by atoms with Gasteiger partial charge in [0.05, 0.1) is 0 Å². The van der Waals surface area contributed by atoms with E-state index in [2.05, 4.69) is 15.6 Å². The molecule has 1 fully saturated rings. The number of nitrogens with one attached hydrogen (secondary N) is 2. The number of piperidine rings is 1. The van der Waals surface area contributed by atoms with Crippen LogP contribution in [0.15, 0.2) is 73.1 Å². The fourth-order valence-corrected chi connectivity index (χ4v) is 4.02. The van der Waals surface area contributed by atoms with E-state index >= 15 is 0 Å². The second-order valence-electron chi connectivity index (χ2n) is 7.89. The molecule has 1 saturated heterocycles. The third-order valence-corrected chi connectivity index (χ3v) is 5.85. The SMILES string of the molecule is O=C(NCc1cccnc1)c1cccc(C2CCCN(C(=O)Nc3ccc(Cl)cc3)C2)c1. The van der Waals surface area contributed by atoms with E-state index in [1.807, 2.05) is 41.3 Å². The van der Waals surface area contributed by atoms with Crippen molar-refractivity contribution < 1.29 is 9.59 Å². The van der Waals surface area contributed by atoms with Crippen molar-refractivity contribution >= 4 is 29.2 Å². The summed E-state index contributed by atoms with van der Waals surface area (Å²) in [5.74, 6) is 0.0645. The molecule has 0 bridgehead atoms. The van der Waals surface area contributed by atoms with Crippen LogP contribution in [0.5, 0.6) is 0 Å². The van der Waals surface area contributed by atoms with Crippen molar-refractivity contribution in [3.05, 3.63) is 94.8 Å². The highest BCUT2D eigenvalue weighted by molar-refractivity contribution is 6.30. The highest BCUT2D eigenvalue weighted by Crippen LogP contribution is 2.28. The zero-order valence-electron chi connectivity index (χ0n) is 17.6. The van der Waals surface area contributed by atoms with Gasteiger partial charge in [-0.25, -0.2) is 4.79 Å². The Kier molecular flexibility index (Phi) is 7.02. The number of amides is 3. The lowest BCUT2D eigenvalue weighted by molar-refractivity contribution is 0.0950. The van der Waals surface area contributed by atoms with Crippen molar-refractivity contribution in [2.75, 3.05) is 18.4 Å². The summed E-state index contributed by atoms with van der Waals surface area (Å²) in [6.45, 7) is 1.75. The van der Waals surface area contributed by atoms with Crippen LogP contribution in [-0.4, -0.2) is 34.9 Å². The lowest BCUT2D eigenvalue weighted by atomic mass is 9.89. The molecule has 0 aliphatic carbocycles. The Morgan fingerprint density at radius 3 is 2.72 bits per heavy atom. The van der Waals surface area contributed by atoms with Crippen LogP contribution in [0.3, 0.4) is 0 Å². The molecular formula is C25H25ClN4O2. The van der Waals surface area contributed by atoms with Gasteiger partial charge in [0, 0.05) is 54.2 Å². The van der Waals surface area contributed by atoms with Crippen molar-refractivity contribution in [3.8, 4) is 0 Å². The lowest BCUT2D eigenvalue weighted by Crippen LogP contribution is -2.41. The predicted molar refractivity (Wildman–Crippen MR) is 126 cm³/mol. The summed E-state index contributed by atoms with van der Waals surface area (Å²) in [6.07, 6.45) is 5.34. The maximum absolute atomic E-state index is 12.7. The van der Waals surface area contributed by atoms with Crippen LogP contribution in [0.2, 0.25) is 5.02 Å². The van der Waals surface area contributed by atoms with Crippen LogP contribution >= 0.6 is 11.6 Å². The van der Waals surface area contributed by atoms with E-state index in [-0.39, 0.29) is 17.9 Å². The largest absolute Gasteiger partial charge is 0.348 e. The Morgan fingerprint density at radius 2 is 1.94 bits per heavy atom. The van der Waals surface area contributed by atoms with E-state index in [0.29, 0.717) is 35.9 Å². The number of hydrogen-bond donors (Lipinski definition) is 2. The van der Waals surface area contributed by atoms with Crippen LogP contribution in [-0.2, 0) is 6.54 Å². The Labute approximate surface area is 192 Å². The van der Waals surface area contributed by atoms with E-state index in [1.165, 1.54) is 0 Å². The average Bonchev–Trinajstić information content (AvgIpc) is 2.85. The predicted octanol–water partition coefficient (Wildman–Crippen LogP) is 5.08.